The van der Waals surface area contributed by atoms with Gasteiger partial charge in [-0.25, -0.2) is 0 Å². The second kappa shape index (κ2) is 5.23. The SMILES string of the molecule is Oc1cc(Cl)c(CCCBr)c(Br)c1. The van der Waals surface area contributed by atoms with E-state index in [4.69, 9.17) is 11.6 Å². The highest BCUT2D eigenvalue weighted by molar-refractivity contribution is 9.10. The molecule has 0 aliphatic carbocycles. The van der Waals surface area contributed by atoms with Gasteiger partial charge in [0.15, 0.2) is 0 Å². The van der Waals surface area contributed by atoms with Gasteiger partial charge in [0.2, 0.25) is 0 Å². The third kappa shape index (κ3) is 3.15. The van der Waals surface area contributed by atoms with E-state index >= 15 is 0 Å². The van der Waals surface area contributed by atoms with Crippen LogP contribution in [-0.2, 0) is 6.42 Å². The van der Waals surface area contributed by atoms with Crippen LogP contribution in [0.15, 0.2) is 16.6 Å². The largest absolute Gasteiger partial charge is 0.508 e. The second-order valence-corrected chi connectivity index (χ2v) is 4.74. The first-order valence-electron chi connectivity index (χ1n) is 3.88. The lowest BCUT2D eigenvalue weighted by molar-refractivity contribution is 0.474. The molecule has 0 atom stereocenters. The molecule has 72 valence electrons. The van der Waals surface area contributed by atoms with Crippen molar-refractivity contribution >= 4 is 43.5 Å². The molecule has 0 bridgehead atoms. The summed E-state index contributed by atoms with van der Waals surface area (Å²) in [6, 6.07) is 3.23. The Bertz CT molecular complexity index is 279. The van der Waals surface area contributed by atoms with Crippen molar-refractivity contribution in [3.8, 4) is 5.75 Å². The molecule has 1 aromatic rings. The molecule has 1 N–H and O–H groups in total. The molecule has 0 aliphatic rings. The average Bonchev–Trinajstić information content (AvgIpc) is 2.02. The minimum atomic E-state index is 0.194. The molecule has 0 radical (unpaired) electrons. The summed E-state index contributed by atoms with van der Waals surface area (Å²) >= 11 is 12.7. The van der Waals surface area contributed by atoms with Crippen LogP contribution in [0, 0.1) is 0 Å². The van der Waals surface area contributed by atoms with Gasteiger partial charge >= 0.3 is 0 Å². The first kappa shape index (κ1) is 11.3. The molecule has 0 amide bonds. The zero-order chi connectivity index (χ0) is 9.84. The quantitative estimate of drug-likeness (QED) is 0.827. The van der Waals surface area contributed by atoms with Gasteiger partial charge in [-0.05, 0) is 30.5 Å². The molecule has 0 heterocycles. The van der Waals surface area contributed by atoms with Crippen molar-refractivity contribution in [2.45, 2.75) is 12.8 Å². The van der Waals surface area contributed by atoms with Crippen LogP contribution in [0.1, 0.15) is 12.0 Å². The standard InChI is InChI=1S/C9H9Br2ClO/c10-3-1-2-7-8(11)4-6(13)5-9(7)12/h4-5,13H,1-3H2. The zero-order valence-electron chi connectivity index (χ0n) is 6.86. The molecule has 13 heavy (non-hydrogen) atoms. The molecule has 1 aromatic carbocycles. The van der Waals surface area contributed by atoms with E-state index < -0.39 is 0 Å². The van der Waals surface area contributed by atoms with Gasteiger partial charge in [0, 0.05) is 14.8 Å². The normalized spacial score (nSPS) is 10.4. The van der Waals surface area contributed by atoms with Crippen molar-refractivity contribution in [2.24, 2.45) is 0 Å². The number of hydrogen-bond donors (Lipinski definition) is 1. The van der Waals surface area contributed by atoms with Crippen LogP contribution in [0.2, 0.25) is 5.02 Å². The predicted octanol–water partition coefficient (Wildman–Crippen LogP) is 4.14. The van der Waals surface area contributed by atoms with Crippen LogP contribution < -0.4 is 0 Å². The fourth-order valence-electron chi connectivity index (χ4n) is 1.07. The van der Waals surface area contributed by atoms with Crippen molar-refractivity contribution in [1.29, 1.82) is 0 Å². The van der Waals surface area contributed by atoms with Crippen molar-refractivity contribution in [2.75, 3.05) is 5.33 Å². The minimum absolute atomic E-state index is 0.194. The van der Waals surface area contributed by atoms with E-state index in [-0.39, 0.29) is 5.75 Å². The van der Waals surface area contributed by atoms with Crippen LogP contribution in [0.4, 0.5) is 0 Å². The summed E-state index contributed by atoms with van der Waals surface area (Å²) in [6.07, 6.45) is 1.94. The molecule has 0 unspecified atom stereocenters. The summed E-state index contributed by atoms with van der Waals surface area (Å²) < 4.78 is 0.874. The first-order valence-corrected chi connectivity index (χ1v) is 6.17. The average molecular weight is 328 g/mol. The third-order valence-electron chi connectivity index (χ3n) is 1.69. The van der Waals surface area contributed by atoms with Gasteiger partial charge in [-0.15, -0.1) is 0 Å². The molecule has 0 aromatic heterocycles. The molecular weight excluding hydrogens is 319 g/mol. The number of rotatable bonds is 3. The molecule has 1 nitrogen and oxygen atoms in total. The number of phenolic OH excluding ortho intramolecular Hbond substituents is 1. The maximum atomic E-state index is 9.22. The topological polar surface area (TPSA) is 20.2 Å². The summed E-state index contributed by atoms with van der Waals surface area (Å²) in [6.45, 7) is 0. The molecule has 4 heteroatoms. The Morgan fingerprint density at radius 1 is 1.38 bits per heavy atom. The lowest BCUT2D eigenvalue weighted by atomic mass is 10.1. The van der Waals surface area contributed by atoms with Gasteiger partial charge in [-0.1, -0.05) is 43.5 Å². The van der Waals surface area contributed by atoms with Crippen molar-refractivity contribution in [3.63, 3.8) is 0 Å². The third-order valence-corrected chi connectivity index (χ3v) is 3.29. The number of hydrogen-bond acceptors (Lipinski definition) is 1. The number of alkyl halides is 1. The molecule has 0 fully saturated rings. The first-order chi connectivity index (χ1) is 6.15. The lowest BCUT2D eigenvalue weighted by Crippen LogP contribution is -1.89. The molecular formula is C9H9Br2ClO. The van der Waals surface area contributed by atoms with E-state index in [2.05, 4.69) is 31.9 Å². The van der Waals surface area contributed by atoms with E-state index in [0.29, 0.717) is 5.02 Å². The monoisotopic (exact) mass is 326 g/mol. The molecule has 1 rings (SSSR count). The summed E-state index contributed by atoms with van der Waals surface area (Å²) in [4.78, 5) is 0. The van der Waals surface area contributed by atoms with Gasteiger partial charge in [0.05, 0.1) is 0 Å². The van der Waals surface area contributed by atoms with E-state index in [1.165, 1.54) is 0 Å². The van der Waals surface area contributed by atoms with Crippen LogP contribution in [0.25, 0.3) is 0 Å². The van der Waals surface area contributed by atoms with Gasteiger partial charge in [-0.3, -0.25) is 0 Å². The van der Waals surface area contributed by atoms with Gasteiger partial charge in [0.1, 0.15) is 5.75 Å². The summed E-state index contributed by atoms with van der Waals surface area (Å²) in [5, 5.41) is 10.8. The second-order valence-electron chi connectivity index (χ2n) is 2.68. The van der Waals surface area contributed by atoms with E-state index in [9.17, 15) is 5.11 Å². The maximum Gasteiger partial charge on any atom is 0.118 e. The highest BCUT2D eigenvalue weighted by Gasteiger charge is 2.06. The van der Waals surface area contributed by atoms with Crippen LogP contribution >= 0.6 is 43.5 Å². The summed E-state index contributed by atoms with van der Waals surface area (Å²) in [7, 11) is 0. The number of halogens is 3. The number of phenols is 1. The Morgan fingerprint density at radius 2 is 2.08 bits per heavy atom. The Balaban J connectivity index is 2.92. The Kier molecular flexibility index (Phi) is 4.56. The van der Waals surface area contributed by atoms with Gasteiger partial charge < -0.3 is 5.11 Å². The lowest BCUT2D eigenvalue weighted by Gasteiger charge is -2.06. The van der Waals surface area contributed by atoms with Crippen LogP contribution in [0.5, 0.6) is 5.75 Å². The van der Waals surface area contributed by atoms with Crippen LogP contribution in [0.3, 0.4) is 0 Å². The van der Waals surface area contributed by atoms with E-state index in [0.717, 1.165) is 28.2 Å². The maximum absolute atomic E-state index is 9.22. The molecule has 0 aliphatic heterocycles. The minimum Gasteiger partial charge on any atom is -0.508 e. The fraction of sp³-hybridized carbons (Fsp3) is 0.333. The van der Waals surface area contributed by atoms with E-state index in [1.54, 1.807) is 12.1 Å². The molecule has 0 spiro atoms. The highest BCUT2D eigenvalue weighted by Crippen LogP contribution is 2.30. The Hall–Kier alpha value is 0.270. The van der Waals surface area contributed by atoms with E-state index in [1.807, 2.05) is 0 Å². The van der Waals surface area contributed by atoms with Crippen LogP contribution in [-0.4, -0.2) is 10.4 Å². The van der Waals surface area contributed by atoms with Crippen molar-refractivity contribution in [1.82, 2.24) is 0 Å². The number of aromatic hydroxyl groups is 1. The molecule has 0 saturated carbocycles. The highest BCUT2D eigenvalue weighted by atomic mass is 79.9. The molecule has 0 saturated heterocycles. The van der Waals surface area contributed by atoms with Crippen molar-refractivity contribution in [3.05, 3.63) is 27.2 Å². The van der Waals surface area contributed by atoms with Gasteiger partial charge in [0.25, 0.3) is 0 Å². The summed E-state index contributed by atoms with van der Waals surface area (Å²) in [5.74, 6) is 0.194. The smallest absolute Gasteiger partial charge is 0.118 e. The fourth-order valence-corrected chi connectivity index (χ4v) is 2.42. The number of benzene rings is 1. The Labute approximate surface area is 99.4 Å². The predicted molar refractivity (Wildman–Crippen MR) is 62.9 cm³/mol. The van der Waals surface area contributed by atoms with Gasteiger partial charge in [-0.2, -0.15) is 0 Å². The summed E-state index contributed by atoms with van der Waals surface area (Å²) in [5.41, 5.74) is 1.05. The van der Waals surface area contributed by atoms with Crippen molar-refractivity contribution < 1.29 is 5.11 Å². The zero-order valence-corrected chi connectivity index (χ0v) is 10.8. The Morgan fingerprint density at radius 3 is 2.62 bits per heavy atom.